The van der Waals surface area contributed by atoms with Gasteiger partial charge < -0.3 is 9.47 Å². The molecule has 0 aromatic carbocycles. The number of rotatable bonds is 5. The Hall–Kier alpha value is -2.21. The van der Waals surface area contributed by atoms with Crippen molar-refractivity contribution in [2.75, 3.05) is 13.2 Å². The third-order valence-electron chi connectivity index (χ3n) is 4.55. The summed E-state index contributed by atoms with van der Waals surface area (Å²) in [7, 11) is 0. The first kappa shape index (κ1) is 16.3. The predicted molar refractivity (Wildman–Crippen MR) is 95.1 cm³/mol. The summed E-state index contributed by atoms with van der Waals surface area (Å²) in [6.07, 6.45) is 7.75. The van der Waals surface area contributed by atoms with Crippen LogP contribution < -0.4 is 4.74 Å². The molecule has 6 nitrogen and oxygen atoms in total. The van der Waals surface area contributed by atoms with Crippen LogP contribution in [0, 0.1) is 5.92 Å². The Morgan fingerprint density at radius 2 is 2.16 bits per heavy atom. The molecule has 0 bridgehead atoms. The molecule has 0 atom stereocenters. The molecule has 2 aromatic rings. The van der Waals surface area contributed by atoms with E-state index in [1.54, 1.807) is 0 Å². The van der Waals surface area contributed by atoms with Gasteiger partial charge in [0.15, 0.2) is 0 Å². The van der Waals surface area contributed by atoms with Gasteiger partial charge in [-0.3, -0.25) is 9.67 Å². The highest BCUT2D eigenvalue weighted by Crippen LogP contribution is 2.31. The van der Waals surface area contributed by atoms with Gasteiger partial charge in [0.05, 0.1) is 37.2 Å². The molecule has 0 unspecified atom stereocenters. The molecule has 25 heavy (non-hydrogen) atoms. The summed E-state index contributed by atoms with van der Waals surface area (Å²) in [6, 6.07) is 2.03. The zero-order chi connectivity index (χ0) is 17.2. The second kappa shape index (κ2) is 6.96. The maximum atomic E-state index is 6.22. The lowest BCUT2D eigenvalue weighted by Gasteiger charge is -2.23. The molecule has 0 N–H and O–H groups in total. The maximum absolute atomic E-state index is 6.22. The van der Waals surface area contributed by atoms with Crippen LogP contribution in [0.2, 0.25) is 0 Å². The van der Waals surface area contributed by atoms with Crippen LogP contribution in [-0.2, 0) is 17.8 Å². The summed E-state index contributed by atoms with van der Waals surface area (Å²) in [5.41, 5.74) is 4.17. The Labute approximate surface area is 147 Å². The van der Waals surface area contributed by atoms with Gasteiger partial charge in [-0.1, -0.05) is 13.8 Å². The first-order valence-corrected chi connectivity index (χ1v) is 9.00. The van der Waals surface area contributed by atoms with Crippen molar-refractivity contribution in [3.63, 3.8) is 0 Å². The molecule has 6 heteroatoms. The zero-order valence-corrected chi connectivity index (χ0v) is 14.8. The number of ether oxygens (including phenoxy) is 2. The van der Waals surface area contributed by atoms with Crippen molar-refractivity contribution in [3.05, 3.63) is 41.3 Å². The molecule has 0 spiro atoms. The number of aromatic nitrogens is 3. The largest absolute Gasteiger partial charge is 0.474 e. The highest BCUT2D eigenvalue weighted by molar-refractivity contribution is 6.16. The van der Waals surface area contributed by atoms with Gasteiger partial charge in [-0.15, -0.1) is 0 Å². The number of aliphatic imine (C=N–C) groups is 1. The Morgan fingerprint density at radius 3 is 2.96 bits per heavy atom. The van der Waals surface area contributed by atoms with Crippen molar-refractivity contribution in [1.82, 2.24) is 14.8 Å². The summed E-state index contributed by atoms with van der Waals surface area (Å²) in [6.45, 7) is 7.46. The normalized spacial score (nSPS) is 17.6. The van der Waals surface area contributed by atoms with E-state index >= 15 is 0 Å². The van der Waals surface area contributed by atoms with Crippen molar-refractivity contribution < 1.29 is 9.47 Å². The quantitative estimate of drug-likeness (QED) is 0.840. The minimum Gasteiger partial charge on any atom is -0.474 e. The molecular weight excluding hydrogens is 316 g/mol. The fraction of sp³-hybridized carbons (Fsp3) is 0.526. The van der Waals surface area contributed by atoms with Crippen LogP contribution in [0.5, 0.6) is 5.88 Å². The lowest BCUT2D eigenvalue weighted by molar-refractivity contribution is 0.0236. The van der Waals surface area contributed by atoms with Gasteiger partial charge in [0.25, 0.3) is 0 Å². The van der Waals surface area contributed by atoms with Gasteiger partial charge in [0.1, 0.15) is 6.10 Å². The van der Waals surface area contributed by atoms with E-state index in [1.807, 2.05) is 23.1 Å². The Bertz CT molecular complexity index is 775. The molecule has 0 saturated carbocycles. The van der Waals surface area contributed by atoms with Gasteiger partial charge in [0.2, 0.25) is 5.88 Å². The van der Waals surface area contributed by atoms with Gasteiger partial charge in [-0.2, -0.15) is 5.10 Å². The molecule has 2 aromatic heterocycles. The van der Waals surface area contributed by atoms with E-state index in [4.69, 9.17) is 14.5 Å². The summed E-state index contributed by atoms with van der Waals surface area (Å²) < 4.78 is 13.6. The monoisotopic (exact) mass is 340 g/mol. The van der Waals surface area contributed by atoms with Crippen molar-refractivity contribution in [3.8, 4) is 5.88 Å². The number of hydrogen-bond acceptors (Lipinski definition) is 5. The van der Waals surface area contributed by atoms with E-state index in [-0.39, 0.29) is 6.10 Å². The van der Waals surface area contributed by atoms with Crippen molar-refractivity contribution in [2.24, 2.45) is 10.9 Å². The highest BCUT2D eigenvalue weighted by Gasteiger charge is 2.26. The van der Waals surface area contributed by atoms with E-state index in [1.165, 1.54) is 5.56 Å². The predicted octanol–water partition coefficient (Wildman–Crippen LogP) is 2.84. The van der Waals surface area contributed by atoms with Gasteiger partial charge in [-0.25, -0.2) is 4.98 Å². The van der Waals surface area contributed by atoms with Crippen molar-refractivity contribution >= 4 is 5.71 Å². The molecular formula is C19H24N4O2. The van der Waals surface area contributed by atoms with E-state index in [9.17, 15) is 0 Å². The maximum Gasteiger partial charge on any atom is 0.223 e. The lowest BCUT2D eigenvalue weighted by atomic mass is 10.0. The molecule has 4 heterocycles. The molecule has 0 radical (unpaired) electrons. The van der Waals surface area contributed by atoms with Crippen molar-refractivity contribution in [2.45, 2.75) is 45.9 Å². The SMILES string of the molecule is CC(C)Cn1cc(C2=NCc3ccnc(OC4CCOCC4)c32)cn1. The minimum absolute atomic E-state index is 0.165. The molecule has 0 amide bonds. The highest BCUT2D eigenvalue weighted by atomic mass is 16.5. The van der Waals surface area contributed by atoms with Gasteiger partial charge in [-0.05, 0) is 17.5 Å². The molecule has 132 valence electrons. The Morgan fingerprint density at radius 1 is 1.32 bits per heavy atom. The third-order valence-corrected chi connectivity index (χ3v) is 4.55. The van der Waals surface area contributed by atoms with E-state index in [0.29, 0.717) is 18.3 Å². The van der Waals surface area contributed by atoms with Crippen LogP contribution in [0.25, 0.3) is 0 Å². The van der Waals surface area contributed by atoms with E-state index in [2.05, 4.69) is 30.1 Å². The molecule has 1 fully saturated rings. The standard InChI is InChI=1S/C19H24N4O2/c1-13(2)11-23-12-15(10-22-23)18-17-14(9-21-18)3-6-20-19(17)25-16-4-7-24-8-5-16/h3,6,10,12-13,16H,4-5,7-9,11H2,1-2H3. The van der Waals surface area contributed by atoms with Crippen LogP contribution >= 0.6 is 0 Å². The Balaban J connectivity index is 1.61. The molecule has 2 aliphatic heterocycles. The van der Waals surface area contributed by atoms with Crippen LogP contribution in [0.4, 0.5) is 0 Å². The molecule has 4 rings (SSSR count). The van der Waals surface area contributed by atoms with Crippen LogP contribution in [-0.4, -0.2) is 39.8 Å². The Kier molecular flexibility index (Phi) is 4.53. The minimum atomic E-state index is 0.165. The van der Waals surface area contributed by atoms with Gasteiger partial charge in [0, 0.05) is 37.3 Å². The number of nitrogens with zero attached hydrogens (tertiary/aromatic N) is 4. The van der Waals surface area contributed by atoms with Crippen LogP contribution in [0.3, 0.4) is 0 Å². The van der Waals surface area contributed by atoms with E-state index < -0.39 is 0 Å². The second-order valence-corrected chi connectivity index (χ2v) is 7.09. The number of fused-ring (bicyclic) bond motifs is 1. The first-order valence-electron chi connectivity index (χ1n) is 9.00. The van der Waals surface area contributed by atoms with Gasteiger partial charge >= 0.3 is 0 Å². The summed E-state index contributed by atoms with van der Waals surface area (Å²) in [5, 5.41) is 4.48. The molecule has 0 aliphatic carbocycles. The average molecular weight is 340 g/mol. The number of pyridine rings is 1. The molecule has 1 saturated heterocycles. The van der Waals surface area contributed by atoms with E-state index in [0.717, 1.165) is 49.4 Å². The summed E-state index contributed by atoms with van der Waals surface area (Å²) in [5.74, 6) is 1.25. The summed E-state index contributed by atoms with van der Waals surface area (Å²) >= 11 is 0. The van der Waals surface area contributed by atoms with Crippen LogP contribution in [0.1, 0.15) is 43.4 Å². The van der Waals surface area contributed by atoms with Crippen molar-refractivity contribution in [1.29, 1.82) is 0 Å². The third kappa shape index (κ3) is 3.44. The fourth-order valence-electron chi connectivity index (χ4n) is 3.35. The topological polar surface area (TPSA) is 61.5 Å². The second-order valence-electron chi connectivity index (χ2n) is 7.09. The fourth-order valence-corrected chi connectivity index (χ4v) is 3.35. The lowest BCUT2D eigenvalue weighted by Crippen LogP contribution is -2.27. The first-order chi connectivity index (χ1) is 12.2. The molecule has 2 aliphatic rings. The summed E-state index contributed by atoms with van der Waals surface area (Å²) in [4.78, 5) is 9.24. The number of hydrogen-bond donors (Lipinski definition) is 0. The average Bonchev–Trinajstić information content (AvgIpc) is 3.22. The zero-order valence-electron chi connectivity index (χ0n) is 14.8. The smallest absolute Gasteiger partial charge is 0.223 e. The van der Waals surface area contributed by atoms with Crippen LogP contribution in [0.15, 0.2) is 29.6 Å².